The van der Waals surface area contributed by atoms with Crippen LogP contribution in [-0.2, 0) is 6.54 Å². The van der Waals surface area contributed by atoms with E-state index in [0.29, 0.717) is 0 Å². The Hall–Kier alpha value is -1.95. The summed E-state index contributed by atoms with van der Waals surface area (Å²) in [7, 11) is -0.544. The van der Waals surface area contributed by atoms with Crippen molar-refractivity contribution < 1.29 is 4.48 Å². The van der Waals surface area contributed by atoms with E-state index in [9.17, 15) is 0 Å². The van der Waals surface area contributed by atoms with E-state index in [1.54, 1.807) is 0 Å². The van der Waals surface area contributed by atoms with Gasteiger partial charge in [0.05, 0.1) is 19.6 Å². The quantitative estimate of drug-likeness (QED) is 0.177. The fraction of sp³-hybridized carbons (Fsp3) is 0.419. The van der Waals surface area contributed by atoms with E-state index in [0.717, 1.165) is 0 Å². The molecule has 0 aliphatic rings. The smallest absolute Gasteiger partial charge is 0.104 e. The van der Waals surface area contributed by atoms with Crippen molar-refractivity contribution in [1.29, 1.82) is 0 Å². The third-order valence-corrected chi connectivity index (χ3v) is 9.10. The maximum Gasteiger partial charge on any atom is 0.104 e. The molecule has 3 rings (SSSR count). The first-order valence-electron chi connectivity index (χ1n) is 13.1. The summed E-state index contributed by atoms with van der Waals surface area (Å²) >= 11 is 0. The second-order valence-corrected chi connectivity index (χ2v) is 11.6. The van der Waals surface area contributed by atoms with E-state index < -0.39 is 7.92 Å². The van der Waals surface area contributed by atoms with Crippen LogP contribution in [0.3, 0.4) is 0 Å². The van der Waals surface area contributed by atoms with Gasteiger partial charge in [-0.15, -0.1) is 0 Å². The van der Waals surface area contributed by atoms with Crippen LogP contribution in [0.2, 0.25) is 0 Å². The second-order valence-electron chi connectivity index (χ2n) is 9.41. The summed E-state index contributed by atoms with van der Waals surface area (Å²) in [5.74, 6) is 0. The fourth-order valence-electron chi connectivity index (χ4n) is 4.84. The zero-order valence-electron chi connectivity index (χ0n) is 21.0. The van der Waals surface area contributed by atoms with Crippen molar-refractivity contribution in [1.82, 2.24) is 0 Å². The third kappa shape index (κ3) is 7.53. The number of hydrogen-bond acceptors (Lipinski definition) is 0. The monoisotopic (exact) mass is 460 g/mol. The molecule has 0 saturated heterocycles. The van der Waals surface area contributed by atoms with Gasteiger partial charge in [0.1, 0.15) is 6.54 Å². The number of nitrogens with zero attached hydrogens (tertiary/aromatic N) is 1. The number of rotatable bonds is 14. The van der Waals surface area contributed by atoms with Crippen LogP contribution in [0.15, 0.2) is 84.9 Å². The van der Waals surface area contributed by atoms with Gasteiger partial charge in [-0.05, 0) is 49.2 Å². The van der Waals surface area contributed by atoms with Crippen LogP contribution in [0.5, 0.6) is 0 Å². The summed E-state index contributed by atoms with van der Waals surface area (Å²) in [6.45, 7) is 12.1. The van der Waals surface area contributed by atoms with Crippen LogP contribution >= 0.6 is 7.92 Å². The van der Waals surface area contributed by atoms with Gasteiger partial charge >= 0.3 is 0 Å². The van der Waals surface area contributed by atoms with E-state index in [2.05, 4.69) is 106 Å². The molecule has 3 aromatic rings. The minimum Gasteiger partial charge on any atom is -0.320 e. The Labute approximate surface area is 204 Å². The van der Waals surface area contributed by atoms with E-state index in [1.807, 2.05) is 0 Å². The first-order valence-corrected chi connectivity index (χ1v) is 14.4. The summed E-state index contributed by atoms with van der Waals surface area (Å²) in [6.07, 6.45) is 7.83. The molecule has 176 valence electrons. The SMILES string of the molecule is CCCC[N+](CCCC)(CCCC)Cc1cccc(P(c2ccccc2)c2ccccc2)c1. The molecule has 0 atom stereocenters. The van der Waals surface area contributed by atoms with E-state index in [4.69, 9.17) is 0 Å². The lowest BCUT2D eigenvalue weighted by atomic mass is 10.1. The molecule has 0 N–H and O–H groups in total. The van der Waals surface area contributed by atoms with Gasteiger partial charge in [0.2, 0.25) is 0 Å². The molecule has 0 aliphatic carbocycles. The highest BCUT2D eigenvalue weighted by Crippen LogP contribution is 2.33. The van der Waals surface area contributed by atoms with Crippen molar-refractivity contribution in [2.24, 2.45) is 0 Å². The number of quaternary nitrogens is 1. The van der Waals surface area contributed by atoms with Crippen LogP contribution in [-0.4, -0.2) is 24.1 Å². The molecule has 0 unspecified atom stereocenters. The molecule has 0 bridgehead atoms. The van der Waals surface area contributed by atoms with Gasteiger partial charge in [-0.25, -0.2) is 0 Å². The molecule has 0 fully saturated rings. The average Bonchev–Trinajstić information content (AvgIpc) is 2.86. The summed E-state index contributed by atoms with van der Waals surface area (Å²) in [4.78, 5) is 0. The Morgan fingerprint density at radius 1 is 0.545 bits per heavy atom. The Morgan fingerprint density at radius 2 is 1.00 bits per heavy atom. The number of hydrogen-bond donors (Lipinski definition) is 0. The molecular formula is C31H43NP+. The summed E-state index contributed by atoms with van der Waals surface area (Å²) in [5, 5.41) is 4.33. The van der Waals surface area contributed by atoms with Gasteiger partial charge in [0, 0.05) is 5.56 Å². The van der Waals surface area contributed by atoms with E-state index >= 15 is 0 Å². The van der Waals surface area contributed by atoms with Gasteiger partial charge in [0.15, 0.2) is 0 Å². The lowest BCUT2D eigenvalue weighted by molar-refractivity contribution is -0.941. The normalized spacial score (nSPS) is 11.8. The summed E-state index contributed by atoms with van der Waals surface area (Å²) < 4.78 is 1.26. The molecule has 0 spiro atoms. The lowest BCUT2D eigenvalue weighted by Gasteiger charge is -2.39. The molecule has 0 aliphatic heterocycles. The predicted octanol–water partition coefficient (Wildman–Crippen LogP) is 7.16. The Balaban J connectivity index is 1.96. The zero-order valence-corrected chi connectivity index (χ0v) is 21.9. The van der Waals surface area contributed by atoms with Gasteiger partial charge < -0.3 is 4.48 Å². The minimum atomic E-state index is -0.544. The predicted molar refractivity (Wildman–Crippen MR) is 148 cm³/mol. The maximum absolute atomic E-state index is 2.53. The van der Waals surface area contributed by atoms with Crippen LogP contribution in [0, 0.1) is 0 Å². The first-order chi connectivity index (χ1) is 16.2. The lowest BCUT2D eigenvalue weighted by Crippen LogP contribution is -2.49. The van der Waals surface area contributed by atoms with E-state index in [-0.39, 0.29) is 0 Å². The van der Waals surface area contributed by atoms with Gasteiger partial charge in [-0.3, -0.25) is 0 Å². The molecule has 0 aromatic heterocycles. The minimum absolute atomic E-state index is 0.544. The third-order valence-electron chi connectivity index (χ3n) is 6.67. The van der Waals surface area contributed by atoms with Crippen molar-refractivity contribution >= 4 is 23.8 Å². The molecule has 0 heterocycles. The second kappa shape index (κ2) is 13.7. The zero-order chi connectivity index (χ0) is 23.4. The van der Waals surface area contributed by atoms with Crippen molar-refractivity contribution in [3.05, 3.63) is 90.5 Å². The molecule has 0 radical (unpaired) electrons. The molecule has 33 heavy (non-hydrogen) atoms. The fourth-order valence-corrected chi connectivity index (χ4v) is 7.20. The van der Waals surface area contributed by atoms with Gasteiger partial charge in [-0.2, -0.15) is 0 Å². The largest absolute Gasteiger partial charge is 0.320 e. The van der Waals surface area contributed by atoms with Crippen LogP contribution < -0.4 is 15.9 Å². The Kier molecular flexibility index (Phi) is 10.6. The molecule has 1 nitrogen and oxygen atoms in total. The van der Waals surface area contributed by atoms with Crippen molar-refractivity contribution in [2.45, 2.75) is 65.8 Å². The van der Waals surface area contributed by atoms with Gasteiger partial charge in [-0.1, -0.05) is 119 Å². The van der Waals surface area contributed by atoms with Crippen molar-refractivity contribution in [3.63, 3.8) is 0 Å². The average molecular weight is 461 g/mol. The molecule has 0 saturated carbocycles. The molecule has 0 amide bonds. The first kappa shape index (κ1) is 25.7. The highest BCUT2D eigenvalue weighted by atomic mass is 31.1. The molecule has 2 heteroatoms. The van der Waals surface area contributed by atoms with Crippen LogP contribution in [0.25, 0.3) is 0 Å². The highest BCUT2D eigenvalue weighted by Gasteiger charge is 2.27. The topological polar surface area (TPSA) is 0 Å². The number of benzene rings is 3. The number of unbranched alkanes of at least 4 members (excludes halogenated alkanes) is 3. The van der Waals surface area contributed by atoms with Crippen molar-refractivity contribution in [3.8, 4) is 0 Å². The van der Waals surface area contributed by atoms with Crippen molar-refractivity contribution in [2.75, 3.05) is 19.6 Å². The van der Waals surface area contributed by atoms with Gasteiger partial charge in [0.25, 0.3) is 0 Å². The molecule has 3 aromatic carbocycles. The Bertz CT molecular complexity index is 861. The highest BCUT2D eigenvalue weighted by molar-refractivity contribution is 7.79. The summed E-state index contributed by atoms with van der Waals surface area (Å²) in [5.41, 5.74) is 1.51. The molecular weight excluding hydrogens is 417 g/mol. The van der Waals surface area contributed by atoms with Crippen LogP contribution in [0.4, 0.5) is 0 Å². The van der Waals surface area contributed by atoms with E-state index in [1.165, 1.54) is 90.7 Å². The van der Waals surface area contributed by atoms with Crippen LogP contribution in [0.1, 0.15) is 64.9 Å². The maximum atomic E-state index is 2.53. The Morgan fingerprint density at radius 3 is 1.45 bits per heavy atom. The standard InChI is InChI=1S/C31H43NP/c1-4-7-23-32(24-8-5-2,25-9-6-3)27-28-17-16-22-31(26-28)33(29-18-12-10-13-19-29)30-20-14-11-15-21-30/h10-22,26H,4-9,23-25,27H2,1-3H3/q+1. The summed E-state index contributed by atoms with van der Waals surface area (Å²) in [6, 6.07) is 31.7.